The number of nitrogens with zero attached hydrogens (tertiary/aromatic N) is 5. The molecule has 3 aromatic rings. The number of piperazine rings is 1. The summed E-state index contributed by atoms with van der Waals surface area (Å²) in [6, 6.07) is 12.0. The van der Waals surface area contributed by atoms with Gasteiger partial charge >= 0.3 is 0 Å². The fraction of sp³-hybridized carbons (Fsp3) is 0.538. The zero-order valence-corrected chi connectivity index (χ0v) is 19.1. The van der Waals surface area contributed by atoms with Crippen molar-refractivity contribution in [3.05, 3.63) is 53.6 Å². The number of nitrogens with one attached hydrogen (secondary N) is 1. The van der Waals surface area contributed by atoms with Crippen molar-refractivity contribution in [3.8, 4) is 0 Å². The lowest BCUT2D eigenvalue weighted by Gasteiger charge is -2.38. The maximum atomic E-state index is 5.14. The van der Waals surface area contributed by atoms with Gasteiger partial charge in [-0.25, -0.2) is 4.98 Å². The highest BCUT2D eigenvalue weighted by Gasteiger charge is 2.32. The number of aryl methyl sites for hydroxylation is 1. The standard InChI is InChI=1S/C26H34N6/c1-2-30(22-11-3-7-19-8-5-13-27-25(19)22)18-24-28-21-10-4-12-23(26(21)29-24)32-16-15-31-14-6-9-20(31)17-32/h4-5,8,10,12-13,20,22H,2-3,6-7,9,11,14-18H2,1H3,(H,28,29)/t20-,22?/m1/s1. The number of pyridine rings is 1. The van der Waals surface area contributed by atoms with Crippen molar-refractivity contribution in [2.75, 3.05) is 37.6 Å². The molecule has 0 saturated carbocycles. The molecule has 6 rings (SSSR count). The van der Waals surface area contributed by atoms with Crippen molar-refractivity contribution in [1.82, 2.24) is 24.8 Å². The quantitative estimate of drug-likeness (QED) is 0.659. The van der Waals surface area contributed by atoms with Gasteiger partial charge in [0.15, 0.2) is 0 Å². The first-order valence-corrected chi connectivity index (χ1v) is 12.4. The van der Waals surface area contributed by atoms with E-state index in [-0.39, 0.29) is 0 Å². The Balaban J connectivity index is 1.26. The number of imidazole rings is 1. The van der Waals surface area contributed by atoms with Gasteiger partial charge in [0.05, 0.1) is 29.5 Å². The van der Waals surface area contributed by atoms with Crippen LogP contribution in [0.2, 0.25) is 0 Å². The highest BCUT2D eigenvalue weighted by atomic mass is 15.3. The van der Waals surface area contributed by atoms with E-state index in [2.05, 4.69) is 56.9 Å². The Morgan fingerprint density at radius 1 is 1.09 bits per heavy atom. The second-order valence-corrected chi connectivity index (χ2v) is 9.65. The topological polar surface area (TPSA) is 51.3 Å². The molecule has 1 N–H and O–H groups in total. The minimum atomic E-state index is 0.382. The molecule has 3 aliphatic rings. The molecular weight excluding hydrogens is 396 g/mol. The van der Waals surface area contributed by atoms with Crippen LogP contribution in [0.1, 0.15) is 55.7 Å². The Morgan fingerprint density at radius 2 is 2.06 bits per heavy atom. The summed E-state index contributed by atoms with van der Waals surface area (Å²) in [5.41, 5.74) is 6.27. The molecule has 0 radical (unpaired) electrons. The van der Waals surface area contributed by atoms with E-state index >= 15 is 0 Å². The normalized spacial score (nSPS) is 23.6. The Morgan fingerprint density at radius 3 is 3.00 bits per heavy atom. The molecule has 6 nitrogen and oxygen atoms in total. The summed E-state index contributed by atoms with van der Waals surface area (Å²) < 4.78 is 0. The fourth-order valence-electron chi connectivity index (χ4n) is 6.18. The Labute approximate surface area is 190 Å². The molecule has 2 fully saturated rings. The molecule has 6 heteroatoms. The predicted molar refractivity (Wildman–Crippen MR) is 129 cm³/mol. The van der Waals surface area contributed by atoms with Crippen molar-refractivity contribution in [3.63, 3.8) is 0 Å². The number of fused-ring (bicyclic) bond motifs is 3. The summed E-state index contributed by atoms with van der Waals surface area (Å²) in [5, 5.41) is 0. The van der Waals surface area contributed by atoms with Gasteiger partial charge in [-0.3, -0.25) is 14.8 Å². The van der Waals surface area contributed by atoms with E-state index in [0.29, 0.717) is 12.1 Å². The third kappa shape index (κ3) is 3.59. The van der Waals surface area contributed by atoms with Gasteiger partial charge in [0.1, 0.15) is 11.3 Å². The van der Waals surface area contributed by atoms with Crippen LogP contribution in [0.3, 0.4) is 0 Å². The molecule has 2 saturated heterocycles. The number of H-pyrrole nitrogens is 1. The van der Waals surface area contributed by atoms with Crippen molar-refractivity contribution >= 4 is 16.7 Å². The van der Waals surface area contributed by atoms with Gasteiger partial charge in [0, 0.05) is 31.9 Å². The van der Waals surface area contributed by atoms with Crippen molar-refractivity contribution in [2.45, 2.75) is 57.7 Å². The highest BCUT2D eigenvalue weighted by molar-refractivity contribution is 5.89. The van der Waals surface area contributed by atoms with E-state index in [9.17, 15) is 0 Å². The molecule has 2 aromatic heterocycles. The first-order valence-electron chi connectivity index (χ1n) is 12.4. The fourth-order valence-corrected chi connectivity index (χ4v) is 6.18. The number of benzene rings is 1. The molecule has 0 spiro atoms. The van der Waals surface area contributed by atoms with Gasteiger partial charge < -0.3 is 9.88 Å². The van der Waals surface area contributed by atoms with Gasteiger partial charge in [0.2, 0.25) is 0 Å². The van der Waals surface area contributed by atoms with Crippen molar-refractivity contribution in [1.29, 1.82) is 0 Å². The summed E-state index contributed by atoms with van der Waals surface area (Å²) in [6.45, 7) is 8.77. The van der Waals surface area contributed by atoms with Gasteiger partial charge in [-0.2, -0.15) is 0 Å². The smallest absolute Gasteiger partial charge is 0.121 e. The molecule has 2 atom stereocenters. The second kappa shape index (κ2) is 8.49. The summed E-state index contributed by atoms with van der Waals surface area (Å²) >= 11 is 0. The highest BCUT2D eigenvalue weighted by Crippen LogP contribution is 2.34. The molecule has 4 heterocycles. The maximum Gasteiger partial charge on any atom is 0.121 e. The van der Waals surface area contributed by atoms with Gasteiger partial charge in [-0.15, -0.1) is 0 Å². The number of aromatic nitrogens is 3. The van der Waals surface area contributed by atoms with E-state index in [0.717, 1.165) is 49.5 Å². The number of para-hydroxylation sites is 1. The molecular formula is C26H34N6. The molecule has 1 unspecified atom stereocenters. The molecule has 0 amide bonds. The number of hydrogen-bond donors (Lipinski definition) is 1. The number of rotatable bonds is 5. The Bertz CT molecular complexity index is 1090. The summed E-state index contributed by atoms with van der Waals surface area (Å²) in [4.78, 5) is 21.3. The van der Waals surface area contributed by atoms with Crippen LogP contribution in [-0.2, 0) is 13.0 Å². The van der Waals surface area contributed by atoms with E-state index in [1.54, 1.807) is 0 Å². The van der Waals surface area contributed by atoms with E-state index in [4.69, 9.17) is 9.97 Å². The van der Waals surface area contributed by atoms with Crippen LogP contribution in [0.15, 0.2) is 36.5 Å². The molecule has 1 aromatic carbocycles. The largest absolute Gasteiger partial charge is 0.367 e. The van der Waals surface area contributed by atoms with Gasteiger partial charge in [-0.05, 0) is 69.0 Å². The minimum Gasteiger partial charge on any atom is -0.367 e. The zero-order chi connectivity index (χ0) is 21.5. The van der Waals surface area contributed by atoms with Gasteiger partial charge in [0.25, 0.3) is 0 Å². The van der Waals surface area contributed by atoms with Crippen LogP contribution in [0, 0.1) is 0 Å². The van der Waals surface area contributed by atoms with Crippen LogP contribution in [-0.4, -0.2) is 63.5 Å². The third-order valence-electron chi connectivity index (χ3n) is 7.83. The minimum absolute atomic E-state index is 0.382. The lowest BCUT2D eigenvalue weighted by Crippen LogP contribution is -2.50. The Kier molecular flexibility index (Phi) is 5.35. The van der Waals surface area contributed by atoms with E-state index < -0.39 is 0 Å². The monoisotopic (exact) mass is 430 g/mol. The number of hydrogen-bond acceptors (Lipinski definition) is 5. The Hall–Kier alpha value is -2.44. The number of aromatic amines is 1. The predicted octanol–water partition coefficient (Wildman–Crippen LogP) is 4.14. The SMILES string of the molecule is CCN(Cc1nc2c(N3CCN4CCC[C@@H]4C3)cccc2[nH]1)C1CCCc2cccnc21. The van der Waals surface area contributed by atoms with E-state index in [1.807, 2.05) is 6.20 Å². The van der Waals surface area contributed by atoms with Gasteiger partial charge in [-0.1, -0.05) is 19.1 Å². The van der Waals surface area contributed by atoms with Crippen LogP contribution in [0.5, 0.6) is 0 Å². The molecule has 1 aliphatic carbocycles. The molecule has 168 valence electrons. The zero-order valence-electron chi connectivity index (χ0n) is 19.1. The van der Waals surface area contributed by atoms with Crippen LogP contribution in [0.25, 0.3) is 11.0 Å². The van der Waals surface area contributed by atoms with Crippen molar-refractivity contribution < 1.29 is 0 Å². The van der Waals surface area contributed by atoms with E-state index in [1.165, 1.54) is 55.7 Å². The van der Waals surface area contributed by atoms with Crippen molar-refractivity contribution in [2.24, 2.45) is 0 Å². The van der Waals surface area contributed by atoms with Crippen LogP contribution >= 0.6 is 0 Å². The first kappa shape index (κ1) is 20.2. The average Bonchev–Trinajstić information content (AvgIpc) is 3.48. The molecule has 32 heavy (non-hydrogen) atoms. The molecule has 2 aliphatic heterocycles. The lowest BCUT2D eigenvalue weighted by atomic mass is 9.91. The summed E-state index contributed by atoms with van der Waals surface area (Å²) in [5.74, 6) is 1.07. The number of anilines is 1. The third-order valence-corrected chi connectivity index (χ3v) is 7.83. The van der Waals surface area contributed by atoms with Crippen LogP contribution < -0.4 is 4.90 Å². The summed E-state index contributed by atoms with van der Waals surface area (Å²) in [6.07, 6.45) is 8.19. The lowest BCUT2D eigenvalue weighted by molar-refractivity contribution is 0.171. The first-order chi connectivity index (χ1) is 15.8. The average molecular weight is 431 g/mol. The maximum absolute atomic E-state index is 5.14. The summed E-state index contributed by atoms with van der Waals surface area (Å²) in [7, 11) is 0. The van der Waals surface area contributed by atoms with Crippen LogP contribution in [0.4, 0.5) is 5.69 Å². The second-order valence-electron chi connectivity index (χ2n) is 9.65. The molecule has 0 bridgehead atoms.